The first kappa shape index (κ1) is 36.8. The van der Waals surface area contributed by atoms with Crippen LogP contribution >= 0.6 is 0 Å². The lowest BCUT2D eigenvalue weighted by Gasteiger charge is -2.36. The molecule has 0 aromatic carbocycles. The van der Waals surface area contributed by atoms with Gasteiger partial charge in [0.15, 0.2) is 0 Å². The summed E-state index contributed by atoms with van der Waals surface area (Å²) < 4.78 is 5.19. The van der Waals surface area contributed by atoms with Crippen LogP contribution in [-0.2, 0) is 31.1 Å². The summed E-state index contributed by atoms with van der Waals surface area (Å²) in [6.45, 7) is 20.7. The van der Waals surface area contributed by atoms with Crippen LogP contribution in [0.2, 0.25) is 0 Å². The molecule has 2 aliphatic heterocycles. The monoisotopic (exact) mass is 704 g/mol. The molecule has 4 N–H and O–H groups in total. The van der Waals surface area contributed by atoms with E-state index in [1.165, 1.54) is 5.57 Å². The molecule has 52 heavy (non-hydrogen) atoms. The highest BCUT2D eigenvalue weighted by Crippen LogP contribution is 2.51. The van der Waals surface area contributed by atoms with Gasteiger partial charge in [0.05, 0.1) is 36.0 Å². The van der Waals surface area contributed by atoms with Crippen LogP contribution in [0.3, 0.4) is 0 Å². The van der Waals surface area contributed by atoms with Gasteiger partial charge in [0.2, 0.25) is 0 Å². The average Bonchev–Trinajstić information content (AvgIpc) is 3.77. The zero-order valence-corrected chi connectivity index (χ0v) is 30.9. The van der Waals surface area contributed by atoms with E-state index in [1.54, 1.807) is 0 Å². The van der Waals surface area contributed by atoms with Crippen molar-refractivity contribution in [3.63, 3.8) is 0 Å². The second-order valence-electron chi connectivity index (χ2n) is 13.9. The Balaban J connectivity index is 1.67. The number of allylic oxidation sites excluding steroid dienone is 6. The van der Waals surface area contributed by atoms with Crippen LogP contribution in [0.1, 0.15) is 85.6 Å². The fraction of sp³-hybridized carbons (Fsp3) is 0.357. The number of aryl methyl sites for hydroxylation is 3. The van der Waals surface area contributed by atoms with Crippen molar-refractivity contribution >= 4 is 50.8 Å². The molecule has 0 amide bonds. The Bertz CT molecular complexity index is 2220. The van der Waals surface area contributed by atoms with Crippen LogP contribution < -0.4 is 0 Å². The standard InChI is InChI=1S/C42H48N4O6/c1-9-29-25(4)34-20-39-32-12-10-23(2)28(7)42(32,8)40(46-39)22-35-27(6)31(18-24(3)52-51-17-15-48)38(45-35)21-37-30(11-13-41(49)50-16-14-47)26(5)33(44-37)19-36(29)43-34/h9-10,12,19-22,28,43-44,47-48H,1,3,11,13-18H2,2,4-8H3/t28-,42-/m1/s1. The summed E-state index contributed by atoms with van der Waals surface area (Å²) in [5, 5.41) is 18.4. The fourth-order valence-electron chi connectivity index (χ4n) is 7.48. The maximum Gasteiger partial charge on any atom is 0.306 e. The van der Waals surface area contributed by atoms with Gasteiger partial charge in [0.25, 0.3) is 0 Å². The van der Waals surface area contributed by atoms with Gasteiger partial charge in [-0.25, -0.2) is 4.98 Å². The third-order valence-corrected chi connectivity index (χ3v) is 10.9. The smallest absolute Gasteiger partial charge is 0.306 e. The van der Waals surface area contributed by atoms with Crippen molar-refractivity contribution in [3.05, 3.63) is 106 Å². The van der Waals surface area contributed by atoms with Gasteiger partial charge in [-0.05, 0) is 105 Å². The second-order valence-corrected chi connectivity index (χ2v) is 13.9. The Kier molecular flexibility index (Phi) is 10.5. The van der Waals surface area contributed by atoms with Gasteiger partial charge in [0.1, 0.15) is 19.0 Å². The number of esters is 1. The molecule has 272 valence electrons. The molecule has 0 fully saturated rings. The van der Waals surface area contributed by atoms with Crippen molar-refractivity contribution in [1.82, 2.24) is 19.9 Å². The highest BCUT2D eigenvalue weighted by atomic mass is 17.2. The molecule has 0 saturated heterocycles. The van der Waals surface area contributed by atoms with E-state index in [0.29, 0.717) is 24.3 Å². The minimum absolute atomic E-state index is 0.0197. The lowest BCUT2D eigenvalue weighted by molar-refractivity contribution is -0.266. The van der Waals surface area contributed by atoms with Gasteiger partial charge in [-0.15, -0.1) is 0 Å². The number of nitrogens with zero attached hydrogens (tertiary/aromatic N) is 2. The number of nitrogens with one attached hydrogen (secondary N) is 2. The summed E-state index contributed by atoms with van der Waals surface area (Å²) in [5.41, 5.74) is 14.8. The van der Waals surface area contributed by atoms with Crippen molar-refractivity contribution in [1.29, 1.82) is 0 Å². The molecule has 3 aromatic rings. The first-order valence-corrected chi connectivity index (χ1v) is 17.7. The molecule has 8 bridgehead atoms. The van der Waals surface area contributed by atoms with E-state index in [9.17, 15) is 9.90 Å². The molecular formula is C42H48N4O6. The van der Waals surface area contributed by atoms with Crippen LogP contribution in [0.5, 0.6) is 0 Å². The normalized spacial score (nSPS) is 18.1. The Morgan fingerprint density at radius 2 is 1.63 bits per heavy atom. The van der Waals surface area contributed by atoms with E-state index in [2.05, 4.69) is 81.2 Å². The number of aliphatic hydroxyl groups excluding tert-OH is 2. The van der Waals surface area contributed by atoms with E-state index in [4.69, 9.17) is 29.6 Å². The van der Waals surface area contributed by atoms with E-state index in [1.807, 2.05) is 26.0 Å². The van der Waals surface area contributed by atoms with Crippen LogP contribution in [-0.4, -0.2) is 62.5 Å². The van der Waals surface area contributed by atoms with Crippen LogP contribution in [0, 0.1) is 19.8 Å². The minimum atomic E-state index is -0.390. The van der Waals surface area contributed by atoms with E-state index in [0.717, 1.165) is 78.1 Å². The zero-order chi connectivity index (χ0) is 37.3. The molecule has 0 saturated carbocycles. The van der Waals surface area contributed by atoms with E-state index in [-0.39, 0.29) is 44.7 Å². The molecule has 3 aromatic heterocycles. The summed E-state index contributed by atoms with van der Waals surface area (Å²) in [4.78, 5) is 41.0. The molecular weight excluding hydrogens is 656 g/mol. The SMILES string of the molecule is C=Cc1c(C)c2cc3nc(cc4nc(cc5[nH]c(cc1[nH]2)c(C)c5CCC(=O)OCCO)C(CC(=C)OOCCO)=C4C)[C@@]1(C)C3=CC=C(C)[C@H]1C. The van der Waals surface area contributed by atoms with E-state index >= 15 is 0 Å². The summed E-state index contributed by atoms with van der Waals surface area (Å²) >= 11 is 0. The quantitative estimate of drug-likeness (QED) is 0.0493. The predicted molar refractivity (Wildman–Crippen MR) is 206 cm³/mol. The van der Waals surface area contributed by atoms with Crippen molar-refractivity contribution in [3.8, 4) is 0 Å². The third-order valence-electron chi connectivity index (χ3n) is 10.9. The van der Waals surface area contributed by atoms with Gasteiger partial charge in [-0.2, -0.15) is 4.89 Å². The van der Waals surface area contributed by atoms with Gasteiger partial charge in [0, 0.05) is 45.9 Å². The summed E-state index contributed by atoms with van der Waals surface area (Å²) in [7, 11) is 0. The number of fused-ring (bicyclic) bond motifs is 11. The van der Waals surface area contributed by atoms with Gasteiger partial charge in [-0.1, -0.05) is 43.9 Å². The number of rotatable bonds is 12. The molecule has 5 heterocycles. The topological polar surface area (TPSA) is 143 Å². The lowest BCUT2D eigenvalue weighted by atomic mass is 9.65. The maximum absolute atomic E-state index is 12.6. The molecule has 3 aliphatic rings. The number of aromatic nitrogens is 4. The summed E-state index contributed by atoms with van der Waals surface area (Å²) in [6, 6.07) is 8.34. The number of carbonyl (C=O) groups is 1. The number of aromatic amines is 2. The van der Waals surface area contributed by atoms with Crippen LogP contribution in [0.4, 0.5) is 0 Å². The number of ether oxygens (including phenoxy) is 1. The average molecular weight is 705 g/mol. The van der Waals surface area contributed by atoms with Crippen molar-refractivity contribution in [2.45, 2.75) is 66.2 Å². The highest BCUT2D eigenvalue weighted by molar-refractivity contribution is 5.94. The Labute approximate surface area is 304 Å². The van der Waals surface area contributed by atoms with Crippen LogP contribution in [0.25, 0.3) is 44.9 Å². The molecule has 10 nitrogen and oxygen atoms in total. The van der Waals surface area contributed by atoms with Crippen molar-refractivity contribution in [2.75, 3.05) is 26.4 Å². The highest BCUT2D eigenvalue weighted by Gasteiger charge is 2.45. The number of aliphatic hydroxyl groups is 2. The molecule has 0 spiro atoms. The first-order valence-electron chi connectivity index (χ1n) is 17.7. The molecule has 10 heteroatoms. The first-order chi connectivity index (χ1) is 24.9. The van der Waals surface area contributed by atoms with Gasteiger partial charge < -0.3 is 29.8 Å². The largest absolute Gasteiger partial charge is 0.463 e. The lowest BCUT2D eigenvalue weighted by Crippen LogP contribution is -2.31. The second kappa shape index (κ2) is 14.9. The Hall–Kier alpha value is -5.03. The Morgan fingerprint density at radius 1 is 0.923 bits per heavy atom. The third kappa shape index (κ3) is 6.69. The zero-order valence-electron chi connectivity index (χ0n) is 30.9. The molecule has 2 atom stereocenters. The number of hydrogen-bond acceptors (Lipinski definition) is 8. The summed E-state index contributed by atoms with van der Waals surface area (Å²) in [5.74, 6) is 0.181. The van der Waals surface area contributed by atoms with Crippen molar-refractivity contribution in [2.24, 2.45) is 5.92 Å². The predicted octanol–water partition coefficient (Wildman–Crippen LogP) is 7.76. The van der Waals surface area contributed by atoms with Gasteiger partial charge >= 0.3 is 5.97 Å². The van der Waals surface area contributed by atoms with E-state index < -0.39 is 5.41 Å². The fourth-order valence-corrected chi connectivity index (χ4v) is 7.48. The van der Waals surface area contributed by atoms with Crippen LogP contribution in [0.15, 0.2) is 60.9 Å². The summed E-state index contributed by atoms with van der Waals surface area (Å²) in [6.07, 6.45) is 7.14. The minimum Gasteiger partial charge on any atom is -0.463 e. The number of carbonyl (C=O) groups excluding carboxylic acids is 1. The Morgan fingerprint density at radius 3 is 2.37 bits per heavy atom. The number of hydrogen-bond donors (Lipinski definition) is 4. The maximum atomic E-state index is 12.6. The number of H-pyrrole nitrogens is 2. The molecule has 0 radical (unpaired) electrons. The molecule has 1 aliphatic carbocycles. The molecule has 0 unspecified atom stereocenters. The van der Waals surface area contributed by atoms with Gasteiger partial charge in [-0.3, -0.25) is 9.78 Å². The van der Waals surface area contributed by atoms with Crippen molar-refractivity contribution < 1.29 is 29.5 Å². The molecule has 6 rings (SSSR count).